The van der Waals surface area contributed by atoms with Crippen LogP contribution in [-0.2, 0) is 20.7 Å². The van der Waals surface area contributed by atoms with Gasteiger partial charge in [-0.1, -0.05) is 66.9 Å². The number of aryl methyl sites for hydroxylation is 1. The SMILES string of the molecule is C#Cc1ccccc1C(C(=O)Nc1c(C)cccc1Cl)N(C(=O)C(Cc1ccc(O)cc1)NC(=O)OC(C)(C)C)C(C)CC. The molecule has 3 atom stereocenters. The van der Waals surface area contributed by atoms with Crippen molar-refractivity contribution in [3.63, 3.8) is 0 Å². The van der Waals surface area contributed by atoms with Crippen molar-refractivity contribution in [2.75, 3.05) is 5.32 Å². The molecule has 0 spiro atoms. The summed E-state index contributed by atoms with van der Waals surface area (Å²) in [5.74, 6) is 1.68. The largest absolute Gasteiger partial charge is 0.508 e. The van der Waals surface area contributed by atoms with Crippen LogP contribution in [0.15, 0.2) is 66.7 Å². The van der Waals surface area contributed by atoms with Crippen LogP contribution in [0.25, 0.3) is 0 Å². The Labute approximate surface area is 264 Å². The van der Waals surface area contributed by atoms with Crippen LogP contribution >= 0.6 is 11.6 Å². The molecule has 0 fully saturated rings. The smallest absolute Gasteiger partial charge is 0.408 e. The number of terminal acetylenes is 1. The Bertz CT molecular complexity index is 1500. The third-order valence-corrected chi connectivity index (χ3v) is 7.41. The quantitative estimate of drug-likeness (QED) is 0.217. The van der Waals surface area contributed by atoms with E-state index in [1.807, 2.05) is 26.8 Å². The molecule has 232 valence electrons. The van der Waals surface area contributed by atoms with E-state index in [9.17, 15) is 19.5 Å². The lowest BCUT2D eigenvalue weighted by molar-refractivity contribution is -0.143. The Morgan fingerprint density at radius 2 is 1.70 bits per heavy atom. The molecule has 8 nitrogen and oxygen atoms in total. The molecular weight excluding hydrogens is 578 g/mol. The maximum Gasteiger partial charge on any atom is 0.408 e. The van der Waals surface area contributed by atoms with Gasteiger partial charge >= 0.3 is 6.09 Å². The number of anilines is 1. The monoisotopic (exact) mass is 617 g/mol. The first-order valence-corrected chi connectivity index (χ1v) is 14.8. The number of para-hydroxylation sites is 1. The van der Waals surface area contributed by atoms with Crippen LogP contribution in [0.2, 0.25) is 5.02 Å². The van der Waals surface area contributed by atoms with E-state index in [0.29, 0.717) is 33.8 Å². The van der Waals surface area contributed by atoms with E-state index in [2.05, 4.69) is 16.6 Å². The number of carbonyl (C=O) groups excluding carboxylic acids is 3. The molecule has 0 heterocycles. The van der Waals surface area contributed by atoms with Gasteiger partial charge in [0.25, 0.3) is 5.91 Å². The van der Waals surface area contributed by atoms with E-state index in [-0.39, 0.29) is 12.2 Å². The van der Waals surface area contributed by atoms with Crippen LogP contribution in [-0.4, -0.2) is 45.6 Å². The van der Waals surface area contributed by atoms with Crippen LogP contribution in [0.5, 0.6) is 5.75 Å². The molecule has 0 aliphatic rings. The van der Waals surface area contributed by atoms with Gasteiger partial charge in [0, 0.05) is 18.0 Å². The van der Waals surface area contributed by atoms with E-state index in [0.717, 1.165) is 5.56 Å². The van der Waals surface area contributed by atoms with Gasteiger partial charge < -0.3 is 25.4 Å². The lowest BCUT2D eigenvalue weighted by Crippen LogP contribution is -2.55. The minimum absolute atomic E-state index is 0.0652. The number of hydrogen-bond acceptors (Lipinski definition) is 5. The summed E-state index contributed by atoms with van der Waals surface area (Å²) >= 11 is 6.47. The number of hydrogen-bond donors (Lipinski definition) is 3. The van der Waals surface area contributed by atoms with Gasteiger partial charge in [-0.2, -0.15) is 0 Å². The molecule has 3 rings (SSSR count). The van der Waals surface area contributed by atoms with Crippen molar-refractivity contribution >= 4 is 35.2 Å². The number of halogens is 1. The van der Waals surface area contributed by atoms with Gasteiger partial charge in [0.1, 0.15) is 23.4 Å². The molecule has 0 saturated heterocycles. The molecule has 0 aromatic heterocycles. The Morgan fingerprint density at radius 1 is 1.05 bits per heavy atom. The number of phenolic OH excluding ortho intramolecular Hbond substituents is 1. The standard InChI is InChI=1S/C35H40ClN3O5/c1-8-23(4)39(33(42)29(37-34(43)44-35(5,6)7)21-24-17-19-26(40)20-18-24)31(27-15-11-10-14-25(27)9-2)32(41)38-30-22(3)13-12-16-28(30)36/h2,10-20,23,29,31,40H,8,21H2,1,3-7H3,(H,37,43)(H,38,41). The Kier molecular flexibility index (Phi) is 11.4. The van der Waals surface area contributed by atoms with Crippen LogP contribution in [0.3, 0.4) is 0 Å². The van der Waals surface area contributed by atoms with E-state index < -0.39 is 41.6 Å². The molecule has 9 heteroatoms. The van der Waals surface area contributed by atoms with E-state index in [4.69, 9.17) is 22.8 Å². The highest BCUT2D eigenvalue weighted by Gasteiger charge is 2.39. The molecule has 0 saturated carbocycles. The van der Waals surface area contributed by atoms with Crippen molar-refractivity contribution < 1.29 is 24.2 Å². The average molecular weight is 618 g/mol. The molecule has 3 N–H and O–H groups in total. The molecule has 0 aliphatic carbocycles. The lowest BCUT2D eigenvalue weighted by atomic mass is 9.94. The molecule has 0 aliphatic heterocycles. The zero-order chi connectivity index (χ0) is 32.6. The summed E-state index contributed by atoms with van der Waals surface area (Å²) in [5.41, 5.74) is 1.93. The number of aromatic hydroxyl groups is 1. The first-order valence-electron chi connectivity index (χ1n) is 14.5. The van der Waals surface area contributed by atoms with E-state index in [1.54, 1.807) is 69.3 Å². The Hall–Kier alpha value is -4.48. The minimum Gasteiger partial charge on any atom is -0.508 e. The summed E-state index contributed by atoms with van der Waals surface area (Å²) < 4.78 is 5.49. The third kappa shape index (κ3) is 8.77. The molecule has 0 bridgehead atoms. The van der Waals surface area contributed by atoms with Gasteiger partial charge in [0.2, 0.25) is 5.91 Å². The van der Waals surface area contributed by atoms with Gasteiger partial charge in [0.15, 0.2) is 0 Å². The number of phenols is 1. The van der Waals surface area contributed by atoms with Gasteiger partial charge in [-0.05, 0) is 82.0 Å². The predicted octanol–water partition coefficient (Wildman–Crippen LogP) is 6.78. The zero-order valence-corrected chi connectivity index (χ0v) is 26.7. The van der Waals surface area contributed by atoms with E-state index in [1.165, 1.54) is 17.0 Å². The number of amides is 3. The van der Waals surface area contributed by atoms with Crippen molar-refractivity contribution in [2.45, 2.75) is 78.1 Å². The second kappa shape index (κ2) is 14.8. The van der Waals surface area contributed by atoms with Crippen LogP contribution in [0.4, 0.5) is 10.5 Å². The molecule has 0 radical (unpaired) electrons. The first-order chi connectivity index (χ1) is 20.7. The number of nitrogens with zero attached hydrogens (tertiary/aromatic N) is 1. The number of alkyl carbamates (subject to hydrolysis) is 1. The van der Waals surface area contributed by atoms with Gasteiger partial charge in [0.05, 0.1) is 10.7 Å². The van der Waals surface area contributed by atoms with Crippen molar-refractivity contribution in [2.24, 2.45) is 0 Å². The second-order valence-corrected chi connectivity index (χ2v) is 12.0. The van der Waals surface area contributed by atoms with Crippen molar-refractivity contribution in [1.29, 1.82) is 0 Å². The number of rotatable bonds is 10. The molecule has 3 amide bonds. The maximum absolute atomic E-state index is 14.7. The predicted molar refractivity (Wildman–Crippen MR) is 174 cm³/mol. The Morgan fingerprint density at radius 3 is 2.30 bits per heavy atom. The van der Waals surface area contributed by atoms with Crippen molar-refractivity contribution in [3.05, 3.63) is 94.0 Å². The molecule has 44 heavy (non-hydrogen) atoms. The summed E-state index contributed by atoms with van der Waals surface area (Å²) in [6.45, 7) is 10.7. The topological polar surface area (TPSA) is 108 Å². The van der Waals surface area contributed by atoms with Gasteiger partial charge in [-0.3, -0.25) is 9.59 Å². The van der Waals surface area contributed by atoms with Crippen LogP contribution in [0.1, 0.15) is 69.3 Å². The molecule has 3 unspecified atom stereocenters. The molecular formula is C35H40ClN3O5. The van der Waals surface area contributed by atoms with Gasteiger partial charge in [-0.25, -0.2) is 4.79 Å². The first kappa shape index (κ1) is 34.0. The third-order valence-electron chi connectivity index (χ3n) is 7.09. The number of nitrogens with one attached hydrogen (secondary N) is 2. The zero-order valence-electron chi connectivity index (χ0n) is 26.0. The van der Waals surface area contributed by atoms with Crippen LogP contribution < -0.4 is 10.6 Å². The summed E-state index contributed by atoms with van der Waals surface area (Å²) in [4.78, 5) is 43.5. The normalized spacial score (nSPS) is 13.1. The lowest BCUT2D eigenvalue weighted by Gasteiger charge is -2.38. The number of carbonyl (C=O) groups is 3. The molecule has 3 aromatic rings. The second-order valence-electron chi connectivity index (χ2n) is 11.6. The number of benzene rings is 3. The summed E-state index contributed by atoms with van der Waals surface area (Å²) in [6, 6.07) is 15.8. The highest BCUT2D eigenvalue weighted by Crippen LogP contribution is 2.32. The fourth-order valence-corrected chi connectivity index (χ4v) is 5.03. The van der Waals surface area contributed by atoms with E-state index >= 15 is 0 Å². The average Bonchev–Trinajstić information content (AvgIpc) is 2.96. The maximum atomic E-state index is 14.7. The minimum atomic E-state index is -1.18. The molecule has 3 aromatic carbocycles. The summed E-state index contributed by atoms with van der Waals surface area (Å²) in [6.07, 6.45) is 5.66. The number of ether oxygens (including phenoxy) is 1. The Balaban J connectivity index is 2.17. The highest BCUT2D eigenvalue weighted by molar-refractivity contribution is 6.34. The fourth-order valence-electron chi connectivity index (χ4n) is 4.76. The van der Waals surface area contributed by atoms with Gasteiger partial charge in [-0.15, -0.1) is 6.42 Å². The van der Waals surface area contributed by atoms with Crippen molar-refractivity contribution in [1.82, 2.24) is 10.2 Å². The van der Waals surface area contributed by atoms with Crippen LogP contribution in [0, 0.1) is 19.3 Å². The summed E-state index contributed by atoms with van der Waals surface area (Å²) in [5, 5.41) is 15.8. The highest BCUT2D eigenvalue weighted by atomic mass is 35.5. The fraction of sp³-hybridized carbons (Fsp3) is 0.343. The van der Waals surface area contributed by atoms with Crippen molar-refractivity contribution in [3.8, 4) is 18.1 Å². The summed E-state index contributed by atoms with van der Waals surface area (Å²) in [7, 11) is 0.